The maximum absolute atomic E-state index is 5.49. The molecule has 4 N–H and O–H groups in total. The van der Waals surface area contributed by atoms with Crippen molar-refractivity contribution in [2.75, 3.05) is 39.4 Å². The number of hydrogen-bond donors (Lipinski definition) is 3. The molecule has 118 valence electrons. The van der Waals surface area contributed by atoms with Gasteiger partial charge in [0.25, 0.3) is 0 Å². The van der Waals surface area contributed by atoms with Crippen LogP contribution in [0.15, 0.2) is 4.99 Å². The molecular weight excluding hydrogens is 254 g/mol. The van der Waals surface area contributed by atoms with Crippen LogP contribution in [0.25, 0.3) is 0 Å². The Morgan fingerprint density at radius 1 is 1.50 bits per heavy atom. The second-order valence-electron chi connectivity index (χ2n) is 5.55. The second-order valence-corrected chi connectivity index (χ2v) is 5.55. The molecule has 1 unspecified atom stereocenters. The molecule has 1 heterocycles. The standard InChI is InChI=1S/C14H31N5O/c1-4-20-9-5-7-16-14(18-15)17-10-13-6-8-19(11-13)12(2)3/h12-13H,4-11,15H2,1-3H3,(H2,16,17,18). The molecule has 6 nitrogen and oxygen atoms in total. The Balaban J connectivity index is 2.21. The first-order valence-corrected chi connectivity index (χ1v) is 7.74. The highest BCUT2D eigenvalue weighted by molar-refractivity contribution is 5.79. The highest BCUT2D eigenvalue weighted by Crippen LogP contribution is 2.18. The molecule has 6 heteroatoms. The van der Waals surface area contributed by atoms with E-state index in [9.17, 15) is 0 Å². The van der Waals surface area contributed by atoms with Crippen LogP contribution in [0.4, 0.5) is 0 Å². The maximum Gasteiger partial charge on any atom is 0.205 e. The molecule has 1 fully saturated rings. The van der Waals surface area contributed by atoms with Gasteiger partial charge in [0, 0.05) is 38.9 Å². The molecule has 1 aliphatic heterocycles. The van der Waals surface area contributed by atoms with Gasteiger partial charge in [-0.3, -0.25) is 10.4 Å². The van der Waals surface area contributed by atoms with Gasteiger partial charge in [0.05, 0.1) is 0 Å². The molecule has 1 atom stereocenters. The van der Waals surface area contributed by atoms with E-state index in [1.165, 1.54) is 13.0 Å². The largest absolute Gasteiger partial charge is 0.382 e. The number of guanidine groups is 1. The van der Waals surface area contributed by atoms with Crippen LogP contribution in [0.1, 0.15) is 33.6 Å². The number of nitrogens with two attached hydrogens (primary N) is 1. The summed E-state index contributed by atoms with van der Waals surface area (Å²) in [6.45, 7) is 12.0. The molecule has 0 spiro atoms. The first-order chi connectivity index (χ1) is 9.67. The molecule has 0 aromatic rings. The number of nitrogens with zero attached hydrogens (tertiary/aromatic N) is 2. The lowest BCUT2D eigenvalue weighted by Crippen LogP contribution is -2.42. The Hall–Kier alpha value is -0.850. The Bertz CT molecular complexity index is 283. The summed E-state index contributed by atoms with van der Waals surface area (Å²) in [5.74, 6) is 6.82. The molecule has 1 aliphatic rings. The van der Waals surface area contributed by atoms with Crippen LogP contribution in [-0.2, 0) is 4.74 Å². The molecule has 1 saturated heterocycles. The summed E-state index contributed by atoms with van der Waals surface area (Å²) < 4.78 is 5.29. The molecule has 0 aromatic carbocycles. The first kappa shape index (κ1) is 17.2. The van der Waals surface area contributed by atoms with Gasteiger partial charge in [0.15, 0.2) is 0 Å². The van der Waals surface area contributed by atoms with Crippen LogP contribution in [0.3, 0.4) is 0 Å². The van der Waals surface area contributed by atoms with E-state index in [4.69, 9.17) is 10.6 Å². The summed E-state index contributed by atoms with van der Waals surface area (Å²) >= 11 is 0. The summed E-state index contributed by atoms with van der Waals surface area (Å²) in [6, 6.07) is 0.632. The lowest BCUT2D eigenvalue weighted by atomic mass is 10.1. The predicted molar refractivity (Wildman–Crippen MR) is 83.6 cm³/mol. The molecule has 0 saturated carbocycles. The van der Waals surface area contributed by atoms with Gasteiger partial charge in [-0.05, 0) is 46.1 Å². The van der Waals surface area contributed by atoms with E-state index in [-0.39, 0.29) is 0 Å². The van der Waals surface area contributed by atoms with Gasteiger partial charge in [-0.15, -0.1) is 0 Å². The van der Waals surface area contributed by atoms with Crippen molar-refractivity contribution in [1.29, 1.82) is 0 Å². The van der Waals surface area contributed by atoms with E-state index in [1.807, 2.05) is 6.92 Å². The third-order valence-corrected chi connectivity index (χ3v) is 3.65. The van der Waals surface area contributed by atoms with E-state index in [0.717, 1.165) is 39.3 Å². The number of nitrogens with one attached hydrogen (secondary N) is 2. The van der Waals surface area contributed by atoms with E-state index in [1.54, 1.807) is 0 Å². The van der Waals surface area contributed by atoms with Crippen LogP contribution in [-0.4, -0.2) is 56.3 Å². The van der Waals surface area contributed by atoms with Crippen molar-refractivity contribution in [3.05, 3.63) is 0 Å². The number of rotatable bonds is 8. The smallest absolute Gasteiger partial charge is 0.205 e. The fraction of sp³-hybridized carbons (Fsp3) is 0.929. The number of hydrogen-bond acceptors (Lipinski definition) is 4. The van der Waals surface area contributed by atoms with Crippen molar-refractivity contribution < 1.29 is 4.74 Å². The van der Waals surface area contributed by atoms with Crippen molar-refractivity contribution in [1.82, 2.24) is 15.6 Å². The van der Waals surface area contributed by atoms with Crippen molar-refractivity contribution in [3.63, 3.8) is 0 Å². The summed E-state index contributed by atoms with van der Waals surface area (Å²) in [6.07, 6.45) is 2.18. The number of likely N-dealkylation sites (tertiary alicyclic amines) is 1. The molecule has 0 radical (unpaired) electrons. The van der Waals surface area contributed by atoms with Gasteiger partial charge >= 0.3 is 0 Å². The topological polar surface area (TPSA) is 74.9 Å². The lowest BCUT2D eigenvalue weighted by molar-refractivity contribution is 0.145. The van der Waals surface area contributed by atoms with E-state index >= 15 is 0 Å². The molecular formula is C14H31N5O. The monoisotopic (exact) mass is 285 g/mol. The third-order valence-electron chi connectivity index (χ3n) is 3.65. The maximum atomic E-state index is 5.49. The Morgan fingerprint density at radius 2 is 2.30 bits per heavy atom. The van der Waals surface area contributed by atoms with Crippen LogP contribution in [0.5, 0.6) is 0 Å². The SMILES string of the molecule is CCOCCCNC(=NCC1CCN(C(C)C)C1)NN. The van der Waals surface area contributed by atoms with E-state index in [2.05, 4.69) is 34.5 Å². The zero-order valence-corrected chi connectivity index (χ0v) is 13.2. The van der Waals surface area contributed by atoms with E-state index in [0.29, 0.717) is 17.9 Å². The van der Waals surface area contributed by atoms with Crippen molar-refractivity contribution >= 4 is 5.96 Å². The number of aliphatic imine (C=N–C) groups is 1. The minimum Gasteiger partial charge on any atom is -0.382 e. The number of hydrazine groups is 1. The third kappa shape index (κ3) is 6.54. The summed E-state index contributed by atoms with van der Waals surface area (Å²) in [4.78, 5) is 7.04. The Morgan fingerprint density at radius 3 is 2.90 bits per heavy atom. The van der Waals surface area contributed by atoms with E-state index < -0.39 is 0 Å². The molecule has 0 aromatic heterocycles. The first-order valence-electron chi connectivity index (χ1n) is 7.74. The van der Waals surface area contributed by atoms with Crippen LogP contribution >= 0.6 is 0 Å². The van der Waals surface area contributed by atoms with Gasteiger partial charge in [0.1, 0.15) is 0 Å². The lowest BCUT2D eigenvalue weighted by Gasteiger charge is -2.19. The van der Waals surface area contributed by atoms with Crippen molar-refractivity contribution in [2.45, 2.75) is 39.7 Å². The highest BCUT2D eigenvalue weighted by Gasteiger charge is 2.23. The summed E-state index contributed by atoms with van der Waals surface area (Å²) in [5, 5.41) is 3.21. The molecule has 0 aliphatic carbocycles. The molecule has 20 heavy (non-hydrogen) atoms. The van der Waals surface area contributed by atoms with Crippen LogP contribution in [0, 0.1) is 5.92 Å². The van der Waals surface area contributed by atoms with Crippen LogP contribution in [0.2, 0.25) is 0 Å². The van der Waals surface area contributed by atoms with Crippen LogP contribution < -0.4 is 16.6 Å². The summed E-state index contributed by atoms with van der Waals surface area (Å²) in [7, 11) is 0. The average molecular weight is 285 g/mol. The minimum atomic E-state index is 0.632. The normalized spacial score (nSPS) is 20.6. The predicted octanol–water partition coefficient (Wildman–Crippen LogP) is 0.552. The van der Waals surface area contributed by atoms with Gasteiger partial charge in [-0.2, -0.15) is 0 Å². The highest BCUT2D eigenvalue weighted by atomic mass is 16.5. The Labute approximate surface area is 123 Å². The second kappa shape index (κ2) is 9.96. The quantitative estimate of drug-likeness (QED) is 0.200. The molecule has 0 amide bonds. The van der Waals surface area contributed by atoms with Gasteiger partial charge in [-0.25, -0.2) is 5.84 Å². The van der Waals surface area contributed by atoms with Gasteiger partial charge in [-0.1, -0.05) is 0 Å². The van der Waals surface area contributed by atoms with Gasteiger partial charge < -0.3 is 15.0 Å². The minimum absolute atomic E-state index is 0.632. The fourth-order valence-corrected chi connectivity index (χ4v) is 2.38. The van der Waals surface area contributed by atoms with Crippen molar-refractivity contribution in [3.8, 4) is 0 Å². The fourth-order valence-electron chi connectivity index (χ4n) is 2.38. The zero-order chi connectivity index (χ0) is 14.8. The molecule has 1 rings (SSSR count). The average Bonchev–Trinajstić information content (AvgIpc) is 2.91. The van der Waals surface area contributed by atoms with Gasteiger partial charge in [0.2, 0.25) is 5.96 Å². The summed E-state index contributed by atoms with van der Waals surface area (Å²) in [5.41, 5.74) is 2.64. The van der Waals surface area contributed by atoms with Crippen molar-refractivity contribution in [2.24, 2.45) is 16.8 Å². The zero-order valence-electron chi connectivity index (χ0n) is 13.2. The number of ether oxygens (including phenoxy) is 1. The Kier molecular flexibility index (Phi) is 8.57. The molecule has 0 bridgehead atoms.